The Kier molecular flexibility index (Phi) is 6.56. The van der Waals surface area contributed by atoms with Crippen LogP contribution >= 0.6 is 0 Å². The maximum atomic E-state index is 11.5. The van der Waals surface area contributed by atoms with Crippen molar-refractivity contribution in [1.82, 2.24) is 0 Å². The number of carbonyl (C=O) groups is 3. The zero-order valence-electron chi connectivity index (χ0n) is 11.5. The maximum Gasteiger partial charge on any atom is 0.338 e. The zero-order valence-corrected chi connectivity index (χ0v) is 11.5. The number of carboxylic acid groups (broad SMARTS) is 2. The fraction of sp³-hybridized carbons (Fsp3) is 0.727. The van der Waals surface area contributed by atoms with Gasteiger partial charge in [0.25, 0.3) is 0 Å². The SMILES string of the molecule is C[N+](C)(C)CC(CC(=O)O)OC(=O)C(O)C(O)C(=O)O. The van der Waals surface area contributed by atoms with Gasteiger partial charge in [0, 0.05) is 0 Å². The van der Waals surface area contributed by atoms with Crippen LogP contribution in [0.25, 0.3) is 0 Å². The van der Waals surface area contributed by atoms with E-state index in [2.05, 4.69) is 0 Å². The van der Waals surface area contributed by atoms with E-state index in [1.165, 1.54) is 0 Å². The molecule has 3 atom stereocenters. The Morgan fingerprint density at radius 1 is 1.05 bits per heavy atom. The minimum atomic E-state index is -2.32. The van der Waals surface area contributed by atoms with Gasteiger partial charge < -0.3 is 29.6 Å². The third-order valence-corrected chi connectivity index (χ3v) is 2.23. The zero-order chi connectivity index (χ0) is 16.1. The average Bonchev–Trinajstić information content (AvgIpc) is 2.23. The normalized spacial score (nSPS) is 16.1. The first-order valence-electron chi connectivity index (χ1n) is 5.75. The predicted octanol–water partition coefficient (Wildman–Crippen LogP) is -2.11. The Hall–Kier alpha value is -1.71. The lowest BCUT2D eigenvalue weighted by Gasteiger charge is -2.29. The first-order chi connectivity index (χ1) is 8.94. The number of aliphatic carboxylic acids is 2. The molecule has 0 heterocycles. The highest BCUT2D eigenvalue weighted by molar-refractivity contribution is 5.84. The number of nitrogens with zero attached hydrogens (tertiary/aromatic N) is 1. The lowest BCUT2D eigenvalue weighted by Crippen LogP contribution is -2.47. The van der Waals surface area contributed by atoms with E-state index in [1.807, 2.05) is 0 Å². The van der Waals surface area contributed by atoms with Gasteiger partial charge in [-0.2, -0.15) is 0 Å². The van der Waals surface area contributed by atoms with E-state index in [0.29, 0.717) is 4.48 Å². The first kappa shape index (κ1) is 18.3. The number of quaternary nitrogens is 1. The first-order valence-corrected chi connectivity index (χ1v) is 5.75. The molecule has 0 aliphatic heterocycles. The molecular formula is C11H20NO8+. The molecule has 0 aliphatic rings. The van der Waals surface area contributed by atoms with Gasteiger partial charge in [0.2, 0.25) is 0 Å². The minimum absolute atomic E-state index is 0.147. The summed E-state index contributed by atoms with van der Waals surface area (Å²) in [5, 5.41) is 35.5. The molecular weight excluding hydrogens is 274 g/mol. The van der Waals surface area contributed by atoms with Crippen molar-refractivity contribution in [2.24, 2.45) is 0 Å². The van der Waals surface area contributed by atoms with Crippen molar-refractivity contribution >= 4 is 17.9 Å². The molecule has 0 bridgehead atoms. The average molecular weight is 294 g/mol. The monoisotopic (exact) mass is 294 g/mol. The van der Waals surface area contributed by atoms with Crippen LogP contribution in [0.2, 0.25) is 0 Å². The Morgan fingerprint density at radius 3 is 1.90 bits per heavy atom. The topological polar surface area (TPSA) is 141 Å². The number of hydrogen-bond donors (Lipinski definition) is 4. The molecule has 0 aliphatic carbocycles. The molecule has 0 spiro atoms. The summed E-state index contributed by atoms with van der Waals surface area (Å²) in [7, 11) is 5.22. The molecule has 9 nitrogen and oxygen atoms in total. The molecule has 20 heavy (non-hydrogen) atoms. The number of aliphatic hydroxyl groups is 2. The second-order valence-electron chi connectivity index (χ2n) is 5.36. The van der Waals surface area contributed by atoms with Gasteiger partial charge in [-0.25, -0.2) is 9.59 Å². The summed E-state index contributed by atoms with van der Waals surface area (Å²) >= 11 is 0. The van der Waals surface area contributed by atoms with Crippen molar-refractivity contribution in [2.75, 3.05) is 27.7 Å². The van der Waals surface area contributed by atoms with Gasteiger partial charge in [-0.15, -0.1) is 0 Å². The second-order valence-corrected chi connectivity index (χ2v) is 5.36. The van der Waals surface area contributed by atoms with Crippen molar-refractivity contribution in [3.8, 4) is 0 Å². The van der Waals surface area contributed by atoms with Gasteiger partial charge in [0.15, 0.2) is 18.3 Å². The summed E-state index contributed by atoms with van der Waals surface area (Å²) in [4.78, 5) is 32.6. The van der Waals surface area contributed by atoms with Crippen LogP contribution in [0, 0.1) is 0 Å². The lowest BCUT2D eigenvalue weighted by atomic mass is 10.2. The third kappa shape index (κ3) is 7.02. The van der Waals surface area contributed by atoms with Gasteiger partial charge in [-0.1, -0.05) is 0 Å². The van der Waals surface area contributed by atoms with Crippen LogP contribution in [0.4, 0.5) is 0 Å². The third-order valence-electron chi connectivity index (χ3n) is 2.23. The van der Waals surface area contributed by atoms with Gasteiger partial charge in [-0.05, 0) is 0 Å². The minimum Gasteiger partial charge on any atom is -0.481 e. The summed E-state index contributed by atoms with van der Waals surface area (Å²) < 4.78 is 5.06. The molecule has 0 radical (unpaired) electrons. The van der Waals surface area contributed by atoms with Gasteiger partial charge in [-0.3, -0.25) is 4.79 Å². The summed E-state index contributed by atoms with van der Waals surface area (Å²) in [5.41, 5.74) is 0. The van der Waals surface area contributed by atoms with Crippen molar-refractivity contribution in [1.29, 1.82) is 0 Å². The highest BCUT2D eigenvalue weighted by Crippen LogP contribution is 2.08. The van der Waals surface area contributed by atoms with Crippen LogP contribution in [0.5, 0.6) is 0 Å². The summed E-state index contributed by atoms with van der Waals surface area (Å²) in [6.45, 7) is 0.147. The lowest BCUT2D eigenvalue weighted by molar-refractivity contribution is -0.873. The number of likely N-dealkylation sites (N-methyl/N-ethyl adjacent to an activating group) is 1. The molecule has 0 fully saturated rings. The predicted molar refractivity (Wildman–Crippen MR) is 64.7 cm³/mol. The van der Waals surface area contributed by atoms with E-state index in [0.717, 1.165) is 0 Å². The molecule has 4 N–H and O–H groups in total. The molecule has 0 amide bonds. The largest absolute Gasteiger partial charge is 0.481 e. The number of ether oxygens (including phenoxy) is 1. The fourth-order valence-electron chi connectivity index (χ4n) is 1.45. The second kappa shape index (κ2) is 7.17. The van der Waals surface area contributed by atoms with Crippen LogP contribution in [-0.4, -0.2) is 88.8 Å². The summed E-state index contributed by atoms with van der Waals surface area (Å²) in [6, 6.07) is 0. The summed E-state index contributed by atoms with van der Waals surface area (Å²) in [6.07, 6.45) is -6.12. The molecule has 0 saturated heterocycles. The molecule has 0 aromatic heterocycles. The number of hydrogen-bond acceptors (Lipinski definition) is 6. The molecule has 0 rings (SSSR count). The van der Waals surface area contributed by atoms with Gasteiger partial charge in [0.1, 0.15) is 6.54 Å². The molecule has 116 valence electrons. The van der Waals surface area contributed by atoms with Crippen molar-refractivity contribution in [3.63, 3.8) is 0 Å². The van der Waals surface area contributed by atoms with Crippen LogP contribution in [0.15, 0.2) is 0 Å². The highest BCUT2D eigenvalue weighted by Gasteiger charge is 2.34. The van der Waals surface area contributed by atoms with Crippen molar-refractivity contribution < 1.29 is 44.0 Å². The van der Waals surface area contributed by atoms with Crippen LogP contribution in [0.1, 0.15) is 6.42 Å². The van der Waals surface area contributed by atoms with Crippen LogP contribution < -0.4 is 0 Å². The Bertz CT molecular complexity index is 375. The van der Waals surface area contributed by atoms with Crippen LogP contribution in [0.3, 0.4) is 0 Å². The highest BCUT2D eigenvalue weighted by atomic mass is 16.6. The van der Waals surface area contributed by atoms with E-state index in [-0.39, 0.29) is 6.54 Å². The fourth-order valence-corrected chi connectivity index (χ4v) is 1.45. The Morgan fingerprint density at radius 2 is 1.55 bits per heavy atom. The summed E-state index contributed by atoms with van der Waals surface area (Å²) in [5.74, 6) is -4.36. The standard InChI is InChI=1S/C11H19NO8/c1-12(2,3)5-6(4-7(13)14)20-11(19)9(16)8(15)10(17)18/h6,8-9,15-16H,4-5H2,1-3H3,(H-,13,14,17,18)/p+1. The molecule has 0 aromatic carbocycles. The number of esters is 1. The van der Waals surface area contributed by atoms with Gasteiger partial charge >= 0.3 is 17.9 Å². The van der Waals surface area contributed by atoms with E-state index in [4.69, 9.17) is 20.1 Å². The van der Waals surface area contributed by atoms with Crippen molar-refractivity contribution in [2.45, 2.75) is 24.7 Å². The number of carboxylic acids is 2. The number of rotatable bonds is 8. The number of aliphatic hydroxyl groups excluding tert-OH is 2. The maximum absolute atomic E-state index is 11.5. The molecule has 0 aromatic rings. The smallest absolute Gasteiger partial charge is 0.338 e. The molecule has 9 heteroatoms. The van der Waals surface area contributed by atoms with E-state index < -0.39 is 42.6 Å². The quantitative estimate of drug-likeness (QED) is 0.294. The van der Waals surface area contributed by atoms with Gasteiger partial charge in [0.05, 0.1) is 27.6 Å². The number of carbonyl (C=O) groups excluding carboxylic acids is 1. The van der Waals surface area contributed by atoms with E-state index in [9.17, 15) is 19.5 Å². The molecule has 0 saturated carbocycles. The van der Waals surface area contributed by atoms with E-state index in [1.54, 1.807) is 21.1 Å². The van der Waals surface area contributed by atoms with E-state index >= 15 is 0 Å². The molecule has 3 unspecified atom stereocenters. The van der Waals surface area contributed by atoms with Crippen molar-refractivity contribution in [3.05, 3.63) is 0 Å². The Balaban J connectivity index is 4.76. The van der Waals surface area contributed by atoms with Crippen LogP contribution in [-0.2, 0) is 19.1 Å². The Labute approximate surface area is 115 Å².